The minimum atomic E-state index is -0.580. The van der Waals surface area contributed by atoms with E-state index < -0.39 is 6.03 Å². The Kier molecular flexibility index (Phi) is 4.95. The summed E-state index contributed by atoms with van der Waals surface area (Å²) in [6.07, 6.45) is 0.965. The molecule has 0 aliphatic carbocycles. The third kappa shape index (κ3) is 4.13. The van der Waals surface area contributed by atoms with Crippen LogP contribution in [0.5, 0.6) is 0 Å². The van der Waals surface area contributed by atoms with E-state index in [0.717, 1.165) is 22.2 Å². The van der Waals surface area contributed by atoms with Crippen molar-refractivity contribution in [2.24, 2.45) is 5.73 Å². The van der Waals surface area contributed by atoms with Crippen LogP contribution >= 0.6 is 11.3 Å². The lowest BCUT2D eigenvalue weighted by atomic mass is 10.1. The molecule has 2 aromatic carbocycles. The minimum Gasteiger partial charge on any atom is -0.352 e. The van der Waals surface area contributed by atoms with Crippen molar-refractivity contribution in [1.82, 2.24) is 10.3 Å². The molecule has 3 aromatic rings. The number of rotatable bonds is 5. The van der Waals surface area contributed by atoms with Gasteiger partial charge in [0.2, 0.25) is 0 Å². The van der Waals surface area contributed by atoms with Crippen molar-refractivity contribution in [3.63, 3.8) is 0 Å². The highest BCUT2D eigenvalue weighted by atomic mass is 32.1. The van der Waals surface area contributed by atoms with Crippen LogP contribution in [-0.2, 0) is 13.0 Å². The second-order valence-electron chi connectivity index (χ2n) is 5.54. The minimum absolute atomic E-state index is 0.218. The summed E-state index contributed by atoms with van der Waals surface area (Å²) in [5.74, 6) is -0.218. The van der Waals surface area contributed by atoms with Crippen LogP contribution in [0.25, 0.3) is 10.2 Å². The summed E-state index contributed by atoms with van der Waals surface area (Å²) in [6.45, 7) is 2.43. The van der Waals surface area contributed by atoms with Crippen LogP contribution in [0.4, 0.5) is 9.93 Å². The number of anilines is 1. The third-order valence-electron chi connectivity index (χ3n) is 3.76. The molecule has 4 N–H and O–H groups in total. The normalized spacial score (nSPS) is 10.6. The van der Waals surface area contributed by atoms with Crippen molar-refractivity contribution in [2.45, 2.75) is 19.9 Å². The Morgan fingerprint density at radius 2 is 1.84 bits per heavy atom. The zero-order valence-corrected chi connectivity index (χ0v) is 14.5. The number of aryl methyl sites for hydroxylation is 1. The number of nitrogens with two attached hydrogens (primary N) is 1. The topological polar surface area (TPSA) is 97.1 Å². The first-order chi connectivity index (χ1) is 12.0. The lowest BCUT2D eigenvalue weighted by molar-refractivity contribution is 0.102. The monoisotopic (exact) mass is 354 g/mol. The molecule has 0 atom stereocenters. The van der Waals surface area contributed by atoms with Crippen molar-refractivity contribution < 1.29 is 9.59 Å². The Morgan fingerprint density at radius 1 is 1.12 bits per heavy atom. The van der Waals surface area contributed by atoms with E-state index in [2.05, 4.69) is 28.6 Å². The van der Waals surface area contributed by atoms with Crippen molar-refractivity contribution in [1.29, 1.82) is 0 Å². The molecule has 3 rings (SSSR count). The van der Waals surface area contributed by atoms with Crippen LogP contribution in [0, 0.1) is 0 Å². The number of urea groups is 1. The molecule has 25 heavy (non-hydrogen) atoms. The van der Waals surface area contributed by atoms with Crippen LogP contribution in [0.15, 0.2) is 42.5 Å². The molecule has 0 saturated heterocycles. The fourth-order valence-corrected chi connectivity index (χ4v) is 3.30. The van der Waals surface area contributed by atoms with E-state index in [-0.39, 0.29) is 5.91 Å². The van der Waals surface area contributed by atoms with Crippen LogP contribution in [0.1, 0.15) is 28.4 Å². The highest BCUT2D eigenvalue weighted by Gasteiger charge is 2.10. The van der Waals surface area contributed by atoms with Crippen LogP contribution in [0.2, 0.25) is 0 Å². The zero-order valence-electron chi connectivity index (χ0n) is 13.7. The molecule has 0 aliphatic heterocycles. The molecule has 3 amide bonds. The van der Waals surface area contributed by atoms with E-state index in [9.17, 15) is 9.59 Å². The van der Waals surface area contributed by atoms with Gasteiger partial charge in [0, 0.05) is 12.1 Å². The molecule has 0 bridgehead atoms. The average molecular weight is 354 g/mol. The maximum Gasteiger partial charge on any atom is 0.312 e. The van der Waals surface area contributed by atoms with E-state index in [1.165, 1.54) is 16.9 Å². The molecule has 0 spiro atoms. The molecular weight excluding hydrogens is 336 g/mol. The first-order valence-electron chi connectivity index (χ1n) is 7.88. The van der Waals surface area contributed by atoms with E-state index in [0.29, 0.717) is 17.2 Å². The number of benzene rings is 2. The van der Waals surface area contributed by atoms with Gasteiger partial charge in [-0.1, -0.05) is 36.5 Å². The number of carbonyl (C=O) groups excluding carboxylic acids is 2. The van der Waals surface area contributed by atoms with E-state index in [1.807, 2.05) is 12.1 Å². The van der Waals surface area contributed by atoms with Crippen molar-refractivity contribution in [2.75, 3.05) is 5.32 Å². The predicted octanol–water partition coefficient (Wildman–Crippen LogP) is 3.28. The largest absolute Gasteiger partial charge is 0.352 e. The summed E-state index contributed by atoms with van der Waals surface area (Å²) in [5.41, 5.74) is 8.55. The Labute approximate surface area is 149 Å². The highest BCUT2D eigenvalue weighted by molar-refractivity contribution is 7.22. The van der Waals surface area contributed by atoms with Gasteiger partial charge in [-0.25, -0.2) is 9.78 Å². The summed E-state index contributed by atoms with van der Waals surface area (Å²) >= 11 is 1.46. The summed E-state index contributed by atoms with van der Waals surface area (Å²) in [4.78, 5) is 27.5. The predicted molar refractivity (Wildman–Crippen MR) is 99.8 cm³/mol. The quantitative estimate of drug-likeness (QED) is 0.656. The number of carbonyl (C=O) groups is 2. The van der Waals surface area contributed by atoms with Crippen LogP contribution in [-0.4, -0.2) is 16.9 Å². The number of hydrogen-bond donors (Lipinski definition) is 3. The fourth-order valence-electron chi connectivity index (χ4n) is 2.37. The SMILES string of the molecule is CCc1ccc2nc(NC(=O)c3ccc(CNC(N)=O)cc3)sc2c1. The van der Waals surface area contributed by atoms with Gasteiger partial charge in [0.15, 0.2) is 5.13 Å². The zero-order chi connectivity index (χ0) is 17.8. The molecule has 7 heteroatoms. The van der Waals surface area contributed by atoms with E-state index in [4.69, 9.17) is 5.73 Å². The number of fused-ring (bicyclic) bond motifs is 1. The third-order valence-corrected chi connectivity index (χ3v) is 4.70. The number of amides is 3. The van der Waals surface area contributed by atoms with Crippen molar-refractivity contribution >= 4 is 38.6 Å². The summed E-state index contributed by atoms with van der Waals surface area (Å²) in [7, 11) is 0. The number of hydrogen-bond acceptors (Lipinski definition) is 4. The van der Waals surface area contributed by atoms with Gasteiger partial charge in [-0.3, -0.25) is 10.1 Å². The number of primary amides is 1. The van der Waals surface area contributed by atoms with Gasteiger partial charge in [0.1, 0.15) is 0 Å². The lowest BCUT2D eigenvalue weighted by Gasteiger charge is -2.04. The first kappa shape index (κ1) is 16.9. The average Bonchev–Trinajstić information content (AvgIpc) is 3.01. The second kappa shape index (κ2) is 7.31. The standard InChI is InChI=1S/C18H18N4O2S/c1-2-11-5-8-14-15(9-11)25-18(21-14)22-16(23)13-6-3-12(4-7-13)10-20-17(19)24/h3-9H,2,10H2,1H3,(H3,19,20,24)(H,21,22,23). The van der Waals surface area contributed by atoms with Gasteiger partial charge in [-0.2, -0.15) is 0 Å². The molecule has 0 aliphatic rings. The molecular formula is C18H18N4O2S. The molecule has 1 heterocycles. The van der Waals surface area contributed by atoms with Crippen LogP contribution in [0.3, 0.4) is 0 Å². The Hall–Kier alpha value is -2.93. The highest BCUT2D eigenvalue weighted by Crippen LogP contribution is 2.27. The second-order valence-corrected chi connectivity index (χ2v) is 6.57. The molecule has 0 saturated carbocycles. The van der Waals surface area contributed by atoms with Crippen molar-refractivity contribution in [3.05, 3.63) is 59.2 Å². The van der Waals surface area contributed by atoms with Gasteiger partial charge < -0.3 is 11.1 Å². The molecule has 0 unspecified atom stereocenters. The summed E-state index contributed by atoms with van der Waals surface area (Å²) in [6, 6.07) is 12.5. The van der Waals surface area contributed by atoms with Gasteiger partial charge >= 0.3 is 6.03 Å². The molecule has 128 valence electrons. The number of aromatic nitrogens is 1. The first-order valence-corrected chi connectivity index (χ1v) is 8.70. The summed E-state index contributed by atoms with van der Waals surface area (Å²) < 4.78 is 1.06. The molecule has 6 nitrogen and oxygen atoms in total. The number of thiazole rings is 1. The van der Waals surface area contributed by atoms with Crippen LogP contribution < -0.4 is 16.4 Å². The molecule has 1 aromatic heterocycles. The summed E-state index contributed by atoms with van der Waals surface area (Å²) in [5, 5.41) is 5.91. The van der Waals surface area contributed by atoms with E-state index in [1.54, 1.807) is 24.3 Å². The Balaban J connectivity index is 1.70. The van der Waals surface area contributed by atoms with Gasteiger partial charge in [-0.05, 0) is 41.8 Å². The smallest absolute Gasteiger partial charge is 0.312 e. The van der Waals surface area contributed by atoms with Gasteiger partial charge in [0.25, 0.3) is 5.91 Å². The fraction of sp³-hybridized carbons (Fsp3) is 0.167. The Bertz CT molecular complexity index is 918. The number of nitrogens with zero attached hydrogens (tertiary/aromatic N) is 1. The Morgan fingerprint density at radius 3 is 2.52 bits per heavy atom. The van der Waals surface area contributed by atoms with Gasteiger partial charge in [0.05, 0.1) is 10.2 Å². The molecule has 0 fully saturated rings. The van der Waals surface area contributed by atoms with Crippen molar-refractivity contribution in [3.8, 4) is 0 Å². The molecule has 0 radical (unpaired) electrons. The maximum atomic E-state index is 12.4. The van der Waals surface area contributed by atoms with E-state index >= 15 is 0 Å². The number of nitrogens with one attached hydrogen (secondary N) is 2. The van der Waals surface area contributed by atoms with Gasteiger partial charge in [-0.15, -0.1) is 0 Å². The lowest BCUT2D eigenvalue weighted by Crippen LogP contribution is -2.28. The maximum absolute atomic E-state index is 12.4.